The van der Waals surface area contributed by atoms with Crippen molar-refractivity contribution < 1.29 is 5.11 Å². The molecule has 0 aliphatic heterocycles. The van der Waals surface area contributed by atoms with Crippen molar-refractivity contribution in [1.82, 2.24) is 5.32 Å². The number of benzene rings is 2. The summed E-state index contributed by atoms with van der Waals surface area (Å²) in [4.78, 5) is 0. The fourth-order valence-electron chi connectivity index (χ4n) is 2.80. The van der Waals surface area contributed by atoms with Crippen LogP contribution in [0, 0.1) is 5.92 Å². The van der Waals surface area contributed by atoms with Crippen LogP contribution in [0.5, 0.6) is 5.75 Å². The number of hydrogen-bond donors (Lipinski definition) is 2. The molecule has 0 bridgehead atoms. The summed E-state index contributed by atoms with van der Waals surface area (Å²) in [6.45, 7) is 8.85. The Balaban J connectivity index is 2.12. The van der Waals surface area contributed by atoms with E-state index in [1.165, 1.54) is 6.42 Å². The first-order valence-electron chi connectivity index (χ1n) is 7.95. The highest BCUT2D eigenvalue weighted by molar-refractivity contribution is 5.89. The normalized spacial score (nSPS) is 14.5. The van der Waals surface area contributed by atoms with Gasteiger partial charge in [0, 0.05) is 23.0 Å². The lowest BCUT2D eigenvalue weighted by molar-refractivity contribution is 0.404. The average molecular weight is 285 g/mol. The van der Waals surface area contributed by atoms with E-state index >= 15 is 0 Å². The number of phenolic OH excluding ortho intramolecular Hbond substituents is 1. The molecule has 2 aromatic rings. The number of fused-ring (bicyclic) bond motifs is 1. The van der Waals surface area contributed by atoms with Crippen molar-refractivity contribution in [1.29, 1.82) is 0 Å². The van der Waals surface area contributed by atoms with Crippen LogP contribution < -0.4 is 5.32 Å². The zero-order chi connectivity index (χ0) is 15.4. The van der Waals surface area contributed by atoms with Crippen LogP contribution in [0.1, 0.15) is 52.1 Å². The van der Waals surface area contributed by atoms with Crippen molar-refractivity contribution in [3.05, 3.63) is 42.0 Å². The molecule has 0 amide bonds. The fourth-order valence-corrected chi connectivity index (χ4v) is 2.80. The van der Waals surface area contributed by atoms with Crippen LogP contribution in [0.25, 0.3) is 10.8 Å². The van der Waals surface area contributed by atoms with Crippen LogP contribution in [-0.2, 0) is 0 Å². The van der Waals surface area contributed by atoms with Crippen LogP contribution in [0.15, 0.2) is 36.4 Å². The van der Waals surface area contributed by atoms with Gasteiger partial charge in [-0.2, -0.15) is 0 Å². The SMILES string of the molecule is CC(C)CCC(C)NC(C)c1ccc2ccccc2c1O. The van der Waals surface area contributed by atoms with Crippen LogP contribution >= 0.6 is 0 Å². The third kappa shape index (κ3) is 3.98. The van der Waals surface area contributed by atoms with Gasteiger partial charge in [-0.3, -0.25) is 0 Å². The Labute approximate surface area is 128 Å². The number of phenols is 1. The van der Waals surface area contributed by atoms with Gasteiger partial charge in [0.25, 0.3) is 0 Å². The summed E-state index contributed by atoms with van der Waals surface area (Å²) >= 11 is 0. The highest BCUT2D eigenvalue weighted by Gasteiger charge is 2.15. The maximum Gasteiger partial charge on any atom is 0.128 e. The van der Waals surface area contributed by atoms with Crippen LogP contribution in [-0.4, -0.2) is 11.1 Å². The summed E-state index contributed by atoms with van der Waals surface area (Å²) in [5.74, 6) is 1.14. The molecule has 2 aromatic carbocycles. The molecule has 0 aliphatic rings. The number of aromatic hydroxyl groups is 1. The van der Waals surface area contributed by atoms with Gasteiger partial charge < -0.3 is 10.4 Å². The molecular formula is C19H27NO. The van der Waals surface area contributed by atoms with Crippen molar-refractivity contribution in [2.45, 2.75) is 52.6 Å². The quantitative estimate of drug-likeness (QED) is 0.781. The van der Waals surface area contributed by atoms with E-state index in [0.717, 1.165) is 28.7 Å². The van der Waals surface area contributed by atoms with E-state index in [9.17, 15) is 5.11 Å². The molecule has 0 spiro atoms. The van der Waals surface area contributed by atoms with Crippen LogP contribution in [0.2, 0.25) is 0 Å². The van der Waals surface area contributed by atoms with Gasteiger partial charge in [0.05, 0.1) is 0 Å². The van der Waals surface area contributed by atoms with Crippen molar-refractivity contribution in [3.8, 4) is 5.75 Å². The highest BCUT2D eigenvalue weighted by Crippen LogP contribution is 2.32. The highest BCUT2D eigenvalue weighted by atomic mass is 16.3. The van der Waals surface area contributed by atoms with Gasteiger partial charge in [0.2, 0.25) is 0 Å². The molecule has 0 aliphatic carbocycles. The molecular weight excluding hydrogens is 258 g/mol. The third-order valence-electron chi connectivity index (χ3n) is 4.11. The first-order chi connectivity index (χ1) is 9.99. The lowest BCUT2D eigenvalue weighted by atomic mass is 9.99. The molecule has 0 heterocycles. The molecule has 21 heavy (non-hydrogen) atoms. The largest absolute Gasteiger partial charge is 0.507 e. The Morgan fingerprint density at radius 1 is 0.952 bits per heavy atom. The molecule has 2 heteroatoms. The standard InChI is InChI=1S/C19H27NO/c1-13(2)9-10-14(3)20-15(4)17-12-11-16-7-5-6-8-18(16)19(17)21/h5-8,11-15,20-21H,9-10H2,1-4H3. The second-order valence-corrected chi connectivity index (χ2v) is 6.49. The van der Waals surface area contributed by atoms with E-state index < -0.39 is 0 Å². The molecule has 0 saturated carbocycles. The van der Waals surface area contributed by atoms with E-state index in [0.29, 0.717) is 11.8 Å². The summed E-state index contributed by atoms with van der Waals surface area (Å²) < 4.78 is 0. The monoisotopic (exact) mass is 285 g/mol. The topological polar surface area (TPSA) is 32.3 Å². The van der Waals surface area contributed by atoms with E-state index in [-0.39, 0.29) is 6.04 Å². The van der Waals surface area contributed by atoms with Gasteiger partial charge >= 0.3 is 0 Å². The smallest absolute Gasteiger partial charge is 0.128 e. The van der Waals surface area contributed by atoms with Gasteiger partial charge in [0.15, 0.2) is 0 Å². The first kappa shape index (κ1) is 15.8. The van der Waals surface area contributed by atoms with Crippen molar-refractivity contribution in [3.63, 3.8) is 0 Å². The minimum Gasteiger partial charge on any atom is -0.507 e. The minimum absolute atomic E-state index is 0.150. The van der Waals surface area contributed by atoms with E-state index in [4.69, 9.17) is 0 Å². The van der Waals surface area contributed by atoms with Gasteiger partial charge in [0.1, 0.15) is 5.75 Å². The number of hydrogen-bond acceptors (Lipinski definition) is 2. The Kier molecular flexibility index (Phi) is 5.24. The second-order valence-electron chi connectivity index (χ2n) is 6.49. The molecule has 0 aromatic heterocycles. The zero-order valence-electron chi connectivity index (χ0n) is 13.6. The van der Waals surface area contributed by atoms with Gasteiger partial charge in [-0.1, -0.05) is 50.2 Å². The molecule has 2 unspecified atom stereocenters. The molecule has 2 atom stereocenters. The second kappa shape index (κ2) is 6.95. The predicted molar refractivity (Wildman–Crippen MR) is 90.7 cm³/mol. The molecule has 2 nitrogen and oxygen atoms in total. The van der Waals surface area contributed by atoms with Crippen LogP contribution in [0.4, 0.5) is 0 Å². The Morgan fingerprint density at radius 3 is 2.38 bits per heavy atom. The van der Waals surface area contributed by atoms with Crippen molar-refractivity contribution in [2.24, 2.45) is 5.92 Å². The predicted octanol–water partition coefficient (Wildman–Crippen LogP) is 5.02. The minimum atomic E-state index is 0.150. The Bertz CT molecular complexity index is 591. The Morgan fingerprint density at radius 2 is 1.67 bits per heavy atom. The molecule has 0 saturated heterocycles. The average Bonchev–Trinajstić information content (AvgIpc) is 2.45. The molecule has 2 N–H and O–H groups in total. The zero-order valence-corrected chi connectivity index (χ0v) is 13.6. The maximum absolute atomic E-state index is 10.5. The van der Waals surface area contributed by atoms with Gasteiger partial charge in [-0.15, -0.1) is 0 Å². The summed E-state index contributed by atoms with van der Waals surface area (Å²) in [6.07, 6.45) is 2.39. The summed E-state index contributed by atoms with van der Waals surface area (Å²) in [6, 6.07) is 12.7. The van der Waals surface area contributed by atoms with E-state index in [2.05, 4.69) is 39.1 Å². The van der Waals surface area contributed by atoms with E-state index in [1.807, 2.05) is 30.3 Å². The van der Waals surface area contributed by atoms with Crippen molar-refractivity contribution >= 4 is 10.8 Å². The maximum atomic E-state index is 10.5. The van der Waals surface area contributed by atoms with Crippen LogP contribution in [0.3, 0.4) is 0 Å². The van der Waals surface area contributed by atoms with Gasteiger partial charge in [-0.25, -0.2) is 0 Å². The van der Waals surface area contributed by atoms with E-state index in [1.54, 1.807) is 0 Å². The van der Waals surface area contributed by atoms with Gasteiger partial charge in [-0.05, 0) is 38.0 Å². The van der Waals surface area contributed by atoms with Crippen molar-refractivity contribution in [2.75, 3.05) is 0 Å². The summed E-state index contributed by atoms with van der Waals surface area (Å²) in [5.41, 5.74) is 0.977. The molecule has 2 rings (SSSR count). The Hall–Kier alpha value is -1.54. The molecule has 0 radical (unpaired) electrons. The third-order valence-corrected chi connectivity index (χ3v) is 4.11. The molecule has 114 valence electrons. The lowest BCUT2D eigenvalue weighted by Crippen LogP contribution is -2.29. The summed E-state index contributed by atoms with van der Waals surface area (Å²) in [5, 5.41) is 16.1. The number of rotatable bonds is 6. The fraction of sp³-hybridized carbons (Fsp3) is 0.474. The molecule has 0 fully saturated rings. The first-order valence-corrected chi connectivity index (χ1v) is 7.95. The summed E-state index contributed by atoms with van der Waals surface area (Å²) in [7, 11) is 0. The lowest BCUT2D eigenvalue weighted by Gasteiger charge is -2.22. The number of nitrogens with one attached hydrogen (secondary N) is 1.